The molecule has 0 aromatic heterocycles. The first-order valence-electron chi connectivity index (χ1n) is 4.01. The molecule has 0 aromatic rings. The highest BCUT2D eigenvalue weighted by atomic mass is 32.1. The molecule has 0 fully saturated rings. The normalized spacial score (nSPS) is 12.7. The summed E-state index contributed by atoms with van der Waals surface area (Å²) >= 11 is 17.6. The Morgan fingerprint density at radius 2 is 2.06 bits per heavy atom. The second-order valence-corrected chi connectivity index (χ2v) is 4.71. The molecule has 0 saturated carbocycles. The lowest BCUT2D eigenvalue weighted by Gasteiger charge is -2.32. The first-order chi connectivity index (χ1) is 8.07. The van der Waals surface area contributed by atoms with Gasteiger partial charge in [-0.2, -0.15) is 5.01 Å². The lowest BCUT2D eigenvalue weighted by molar-refractivity contribution is -0.184. The lowest BCUT2D eigenvalue weighted by Crippen LogP contribution is -2.47. The molecule has 0 aliphatic carbocycles. The monoisotopic (exact) mass is 309 g/mol. The predicted octanol–water partition coefficient (Wildman–Crippen LogP) is 1.01. The first-order valence-corrected chi connectivity index (χ1v) is 5.72. The van der Waals surface area contributed by atoms with E-state index >= 15 is 0 Å². The van der Waals surface area contributed by atoms with Crippen molar-refractivity contribution in [2.75, 3.05) is 0 Å². The van der Waals surface area contributed by atoms with Crippen molar-refractivity contribution in [3.05, 3.63) is 29.3 Å². The number of rotatable bonds is 3. The van der Waals surface area contributed by atoms with Crippen LogP contribution in [0.5, 0.6) is 0 Å². The van der Waals surface area contributed by atoms with Crippen LogP contribution in [0.3, 0.4) is 0 Å². The van der Waals surface area contributed by atoms with E-state index in [1.165, 1.54) is 5.01 Å². The Morgan fingerprint density at radius 3 is 2.47 bits per heavy atom. The van der Waals surface area contributed by atoms with E-state index < -0.39 is 0 Å². The fraction of sp³-hybridized carbons (Fsp3) is 0. The topological polar surface area (TPSA) is 69.2 Å². The molecule has 7 nitrogen and oxygen atoms in total. The summed E-state index contributed by atoms with van der Waals surface area (Å²) in [7, 11) is 0. The summed E-state index contributed by atoms with van der Waals surface area (Å²) in [6.45, 7) is 0. The summed E-state index contributed by atoms with van der Waals surface area (Å²) < 4.78 is -0.000784. The number of hydrazine groups is 1. The van der Waals surface area contributed by atoms with E-state index in [9.17, 15) is 4.91 Å². The first kappa shape index (κ1) is 14.0. The second-order valence-electron chi connectivity index (χ2n) is 2.48. The molecule has 0 spiro atoms. The molecule has 0 unspecified atom stereocenters. The van der Waals surface area contributed by atoms with Crippen LogP contribution >= 0.6 is 49.7 Å². The lowest BCUT2D eigenvalue weighted by atomic mass is 10.6. The van der Waals surface area contributed by atoms with Crippen LogP contribution < -0.4 is 10.6 Å². The van der Waals surface area contributed by atoms with E-state index in [1.54, 1.807) is 18.6 Å². The number of hydrogen-bond donors (Lipinski definition) is 4. The molecule has 0 saturated heterocycles. The van der Waals surface area contributed by atoms with Crippen molar-refractivity contribution in [3.8, 4) is 0 Å². The SMILES string of the molecule is O=NON(C(=S)S)N(C(=S)S)C1=CNC=CN1. The van der Waals surface area contributed by atoms with Crippen LogP contribution in [0.4, 0.5) is 0 Å². The molecule has 0 aromatic carbocycles. The molecular weight excluding hydrogens is 302 g/mol. The van der Waals surface area contributed by atoms with Crippen LogP contribution in [0, 0.1) is 4.91 Å². The third-order valence-corrected chi connectivity index (χ3v) is 2.19. The Hall–Kier alpha value is -1.04. The average Bonchev–Trinajstić information content (AvgIpc) is 2.29. The van der Waals surface area contributed by atoms with Gasteiger partial charge in [0, 0.05) is 18.6 Å². The standard InChI is InChI=1S/C6H7N5O2S4/c12-9-13-11(6(16)17)10(5(14)15)4-3-7-1-2-8-4/h1-3,7-8H,(H,14,15)(H,16,17). The smallest absolute Gasteiger partial charge is 0.196 e. The van der Waals surface area contributed by atoms with Crippen molar-refractivity contribution >= 4 is 58.3 Å². The van der Waals surface area contributed by atoms with Crippen LogP contribution in [0.2, 0.25) is 0 Å². The zero-order chi connectivity index (χ0) is 12.8. The molecule has 1 heterocycles. The van der Waals surface area contributed by atoms with Gasteiger partial charge in [-0.25, -0.2) is 4.94 Å². The third-order valence-electron chi connectivity index (χ3n) is 1.50. The molecule has 0 radical (unpaired) electrons. The molecule has 11 heteroatoms. The summed E-state index contributed by atoms with van der Waals surface area (Å²) in [6.07, 6.45) is 4.80. The highest BCUT2D eigenvalue weighted by Crippen LogP contribution is 2.15. The van der Waals surface area contributed by atoms with Crippen molar-refractivity contribution in [1.29, 1.82) is 0 Å². The zero-order valence-electron chi connectivity index (χ0n) is 8.10. The molecule has 92 valence electrons. The Balaban J connectivity index is 2.97. The van der Waals surface area contributed by atoms with Crippen molar-refractivity contribution < 1.29 is 4.94 Å². The highest BCUT2D eigenvalue weighted by molar-refractivity contribution is 8.11. The van der Waals surface area contributed by atoms with Gasteiger partial charge >= 0.3 is 0 Å². The van der Waals surface area contributed by atoms with Gasteiger partial charge < -0.3 is 10.6 Å². The Bertz CT molecular complexity index is 398. The van der Waals surface area contributed by atoms with E-state index in [0.717, 1.165) is 5.17 Å². The zero-order valence-corrected chi connectivity index (χ0v) is 11.5. The van der Waals surface area contributed by atoms with E-state index in [0.29, 0.717) is 5.82 Å². The van der Waals surface area contributed by atoms with Crippen molar-refractivity contribution in [1.82, 2.24) is 20.8 Å². The minimum absolute atomic E-state index is 0.0703. The predicted molar refractivity (Wildman–Crippen MR) is 77.2 cm³/mol. The number of nitrogens with one attached hydrogen (secondary N) is 2. The van der Waals surface area contributed by atoms with E-state index in [2.05, 4.69) is 46.2 Å². The van der Waals surface area contributed by atoms with Crippen LogP contribution in [0.15, 0.2) is 29.8 Å². The second kappa shape index (κ2) is 6.64. The summed E-state index contributed by atoms with van der Waals surface area (Å²) in [5.41, 5.74) is 0. The minimum atomic E-state index is -0.0711. The largest absolute Gasteiger partial charge is 0.363 e. The Kier molecular flexibility index (Phi) is 5.47. The van der Waals surface area contributed by atoms with Crippen molar-refractivity contribution in [2.45, 2.75) is 0 Å². The molecule has 0 atom stereocenters. The van der Waals surface area contributed by atoms with Gasteiger partial charge in [-0.1, -0.05) is 17.4 Å². The molecule has 2 N–H and O–H groups in total. The fourth-order valence-corrected chi connectivity index (χ4v) is 1.54. The fourth-order valence-electron chi connectivity index (χ4n) is 0.933. The van der Waals surface area contributed by atoms with Crippen LogP contribution in [0.25, 0.3) is 0 Å². The van der Waals surface area contributed by atoms with Gasteiger partial charge in [0.25, 0.3) is 0 Å². The van der Waals surface area contributed by atoms with Crippen molar-refractivity contribution in [2.24, 2.45) is 5.34 Å². The molecule has 1 aliphatic rings. The van der Waals surface area contributed by atoms with E-state index in [-0.39, 0.29) is 8.64 Å². The maximum atomic E-state index is 10.2. The van der Waals surface area contributed by atoms with Gasteiger partial charge in [0.05, 0.1) is 0 Å². The van der Waals surface area contributed by atoms with Gasteiger partial charge in [-0.3, -0.25) is 0 Å². The number of hydrogen-bond acceptors (Lipinski definition) is 7. The quantitative estimate of drug-likeness (QED) is 0.267. The van der Waals surface area contributed by atoms with Gasteiger partial charge in [0.1, 0.15) is 0 Å². The molecule has 1 aliphatic heterocycles. The number of hydroxylamine groups is 1. The van der Waals surface area contributed by atoms with Gasteiger partial charge in [0.15, 0.2) is 19.8 Å². The average molecular weight is 309 g/mol. The van der Waals surface area contributed by atoms with Gasteiger partial charge in [0.2, 0.25) is 0 Å². The van der Waals surface area contributed by atoms with Crippen LogP contribution in [0.1, 0.15) is 0 Å². The Morgan fingerprint density at radius 1 is 1.35 bits per heavy atom. The third kappa shape index (κ3) is 3.73. The Labute approximate surface area is 119 Å². The highest BCUT2D eigenvalue weighted by Gasteiger charge is 2.25. The maximum Gasteiger partial charge on any atom is 0.196 e. The molecule has 17 heavy (non-hydrogen) atoms. The molecule has 0 amide bonds. The summed E-state index contributed by atoms with van der Waals surface area (Å²) in [5, 5.41) is 9.91. The van der Waals surface area contributed by atoms with E-state index in [1.807, 2.05) is 0 Å². The molecule has 1 rings (SSSR count). The van der Waals surface area contributed by atoms with Gasteiger partial charge in [-0.15, -0.1) is 30.2 Å². The number of nitrogens with zero attached hydrogens (tertiary/aromatic N) is 3. The maximum absolute atomic E-state index is 10.2. The number of thiocarbonyl (C=S) groups is 2. The summed E-state index contributed by atoms with van der Waals surface area (Å²) in [4.78, 5) is 14.6. The van der Waals surface area contributed by atoms with Crippen molar-refractivity contribution in [3.63, 3.8) is 0 Å². The summed E-state index contributed by atoms with van der Waals surface area (Å²) in [6, 6.07) is 0. The number of thiol groups is 2. The van der Waals surface area contributed by atoms with Crippen LogP contribution in [-0.4, -0.2) is 18.8 Å². The van der Waals surface area contributed by atoms with Gasteiger partial charge in [-0.05, 0) is 12.2 Å². The molecular formula is C6H7N5O2S4. The van der Waals surface area contributed by atoms with Crippen LogP contribution in [-0.2, 0) is 4.94 Å². The molecule has 0 bridgehead atoms. The summed E-state index contributed by atoms with van der Waals surface area (Å²) in [5.74, 6) is 0.424. The minimum Gasteiger partial charge on any atom is -0.363 e. The van der Waals surface area contributed by atoms with E-state index in [4.69, 9.17) is 24.4 Å².